The van der Waals surface area contributed by atoms with Crippen molar-refractivity contribution in [3.05, 3.63) is 27.3 Å². The third kappa shape index (κ3) is 2.34. The maximum atomic E-state index is 13.1. The minimum absolute atomic E-state index is 0.172. The number of fused-ring (bicyclic) bond motifs is 1. The number of aromatic nitrogens is 2. The summed E-state index contributed by atoms with van der Waals surface area (Å²) in [6.45, 7) is 4.16. The molecule has 0 fully saturated rings. The minimum atomic E-state index is -3.09. The van der Waals surface area contributed by atoms with Gasteiger partial charge in [0.15, 0.2) is 0 Å². The van der Waals surface area contributed by atoms with E-state index < -0.39 is 11.8 Å². The van der Waals surface area contributed by atoms with Gasteiger partial charge in [-0.3, -0.25) is 0 Å². The van der Waals surface area contributed by atoms with Crippen molar-refractivity contribution < 1.29 is 13.2 Å². The Balaban J connectivity index is 1.83. The molecule has 0 N–H and O–H groups in total. The molecule has 0 atom stereocenters. The van der Waals surface area contributed by atoms with Gasteiger partial charge in [-0.2, -0.15) is 8.78 Å². The quantitative estimate of drug-likeness (QED) is 0.850. The van der Waals surface area contributed by atoms with Crippen LogP contribution in [-0.2, 0) is 18.9 Å². The lowest BCUT2D eigenvalue weighted by Crippen LogP contribution is -2.29. The Labute approximate surface area is 113 Å². The Hall–Kier alpha value is -1.50. The third-order valence-electron chi connectivity index (χ3n) is 3.05. The highest BCUT2D eigenvalue weighted by Gasteiger charge is 2.33. The largest absolute Gasteiger partial charge is 0.401 e. The lowest BCUT2D eigenvalue weighted by atomic mass is 10.1. The summed E-state index contributed by atoms with van der Waals surface area (Å²) in [4.78, 5) is 4.46. The van der Waals surface area contributed by atoms with Gasteiger partial charge in [0.2, 0.25) is 0 Å². The molecular weight excluding hydrogens is 272 g/mol. The van der Waals surface area contributed by atoms with Crippen LogP contribution in [0.25, 0.3) is 0 Å². The molecular formula is C12H13F2N3OS. The summed E-state index contributed by atoms with van der Waals surface area (Å²) in [5.41, 5.74) is 1.22. The number of hydrogen-bond acceptors (Lipinski definition) is 5. The van der Waals surface area contributed by atoms with Crippen molar-refractivity contribution in [2.24, 2.45) is 0 Å². The summed E-state index contributed by atoms with van der Waals surface area (Å²) in [6.07, 6.45) is 0.883. The van der Waals surface area contributed by atoms with Gasteiger partial charge in [-0.1, -0.05) is 5.10 Å². The zero-order valence-corrected chi connectivity index (χ0v) is 11.4. The number of anilines is 1. The van der Waals surface area contributed by atoms with Crippen molar-refractivity contribution in [2.45, 2.75) is 32.7 Å². The summed E-state index contributed by atoms with van der Waals surface area (Å²) in [5.74, 6) is -3.72. The highest BCUT2D eigenvalue weighted by molar-refractivity contribution is 7.12. The number of nitrogens with zero attached hydrogens (tertiary/aromatic N) is 3. The van der Waals surface area contributed by atoms with Crippen LogP contribution < -0.4 is 4.90 Å². The minimum Gasteiger partial charge on any atom is -0.401 e. The number of thiophene rings is 1. The highest BCUT2D eigenvalue weighted by Crippen LogP contribution is 2.32. The molecule has 4 nitrogen and oxygen atoms in total. The summed E-state index contributed by atoms with van der Waals surface area (Å²) >= 11 is 1.78. The van der Waals surface area contributed by atoms with Crippen molar-refractivity contribution in [2.75, 3.05) is 11.4 Å². The van der Waals surface area contributed by atoms with E-state index in [0.717, 1.165) is 13.3 Å². The number of halogens is 2. The van der Waals surface area contributed by atoms with Gasteiger partial charge in [0.25, 0.3) is 5.89 Å². The standard InChI is InChI=1S/C12H13F2N3OS/c1-7-5-8-6-17(4-3-9(8)19-7)11-16-15-10(18-11)12(2,13)14/h5H,3-4,6H2,1-2H3. The van der Waals surface area contributed by atoms with Crippen LogP contribution in [0.5, 0.6) is 0 Å². The zero-order valence-electron chi connectivity index (χ0n) is 10.6. The van der Waals surface area contributed by atoms with Crippen LogP contribution in [0.2, 0.25) is 0 Å². The number of alkyl halides is 2. The summed E-state index contributed by atoms with van der Waals surface area (Å²) in [5, 5.41) is 7.14. The van der Waals surface area contributed by atoms with E-state index in [4.69, 9.17) is 4.42 Å². The molecule has 0 spiro atoms. The van der Waals surface area contributed by atoms with Gasteiger partial charge in [-0.15, -0.1) is 16.4 Å². The van der Waals surface area contributed by atoms with E-state index in [1.165, 1.54) is 15.3 Å². The van der Waals surface area contributed by atoms with Crippen LogP contribution in [0.15, 0.2) is 10.5 Å². The molecule has 0 bridgehead atoms. The maximum absolute atomic E-state index is 13.1. The first kappa shape index (κ1) is 12.5. The zero-order chi connectivity index (χ0) is 13.6. The molecule has 0 amide bonds. The molecule has 0 aliphatic carbocycles. The predicted molar refractivity (Wildman–Crippen MR) is 67.7 cm³/mol. The van der Waals surface area contributed by atoms with Crippen molar-refractivity contribution in [1.29, 1.82) is 0 Å². The Morgan fingerprint density at radius 1 is 1.42 bits per heavy atom. The van der Waals surface area contributed by atoms with Gasteiger partial charge < -0.3 is 9.32 Å². The molecule has 3 heterocycles. The molecule has 102 valence electrons. The Kier molecular flexibility index (Phi) is 2.81. The lowest BCUT2D eigenvalue weighted by Gasteiger charge is -2.24. The van der Waals surface area contributed by atoms with Crippen LogP contribution in [-0.4, -0.2) is 16.7 Å². The Bertz CT molecular complexity index is 602. The molecule has 0 radical (unpaired) electrons. The molecule has 1 aliphatic rings. The van der Waals surface area contributed by atoms with E-state index in [1.54, 1.807) is 11.3 Å². The average molecular weight is 285 g/mol. The first-order chi connectivity index (χ1) is 8.93. The predicted octanol–water partition coefficient (Wildman–Crippen LogP) is 3.11. The molecule has 0 unspecified atom stereocenters. The number of aryl methyl sites for hydroxylation is 1. The van der Waals surface area contributed by atoms with Crippen LogP contribution in [0.1, 0.15) is 28.1 Å². The van der Waals surface area contributed by atoms with Crippen LogP contribution in [0, 0.1) is 6.92 Å². The van der Waals surface area contributed by atoms with E-state index >= 15 is 0 Å². The van der Waals surface area contributed by atoms with Crippen LogP contribution in [0.3, 0.4) is 0 Å². The van der Waals surface area contributed by atoms with Gasteiger partial charge >= 0.3 is 11.9 Å². The molecule has 0 aromatic carbocycles. The molecule has 0 saturated carbocycles. The molecule has 7 heteroatoms. The molecule has 2 aromatic rings. The normalized spacial score (nSPS) is 15.7. The van der Waals surface area contributed by atoms with Crippen molar-refractivity contribution in [3.63, 3.8) is 0 Å². The van der Waals surface area contributed by atoms with Crippen LogP contribution >= 0.6 is 11.3 Å². The van der Waals surface area contributed by atoms with Crippen molar-refractivity contribution in [1.82, 2.24) is 10.2 Å². The third-order valence-corrected chi connectivity index (χ3v) is 4.20. The SMILES string of the molecule is Cc1cc2c(s1)CCN(c1nnc(C(C)(F)F)o1)C2. The first-order valence-electron chi connectivity index (χ1n) is 5.98. The van der Waals surface area contributed by atoms with Gasteiger partial charge in [0.05, 0.1) is 0 Å². The van der Waals surface area contributed by atoms with Crippen molar-refractivity contribution in [3.8, 4) is 0 Å². The topological polar surface area (TPSA) is 42.2 Å². The van der Waals surface area contributed by atoms with Gasteiger partial charge in [0.1, 0.15) is 0 Å². The number of hydrogen-bond donors (Lipinski definition) is 0. The molecule has 0 saturated heterocycles. The molecule has 3 rings (SSSR count). The number of rotatable bonds is 2. The second-order valence-electron chi connectivity index (χ2n) is 4.76. The second-order valence-corrected chi connectivity index (χ2v) is 6.10. The van der Waals surface area contributed by atoms with E-state index in [0.29, 0.717) is 13.1 Å². The summed E-state index contributed by atoms with van der Waals surface area (Å²) in [7, 11) is 0. The molecule has 1 aliphatic heterocycles. The smallest absolute Gasteiger partial charge is 0.321 e. The summed E-state index contributed by atoms with van der Waals surface area (Å²) < 4.78 is 31.2. The monoisotopic (exact) mass is 285 g/mol. The summed E-state index contributed by atoms with van der Waals surface area (Å²) in [6, 6.07) is 2.30. The maximum Gasteiger partial charge on any atom is 0.321 e. The molecule has 2 aromatic heterocycles. The van der Waals surface area contributed by atoms with E-state index in [-0.39, 0.29) is 6.01 Å². The first-order valence-corrected chi connectivity index (χ1v) is 6.80. The fourth-order valence-electron chi connectivity index (χ4n) is 2.17. The fraction of sp³-hybridized carbons (Fsp3) is 0.500. The average Bonchev–Trinajstić information content (AvgIpc) is 2.90. The lowest BCUT2D eigenvalue weighted by molar-refractivity contribution is -0.0106. The van der Waals surface area contributed by atoms with E-state index in [2.05, 4.69) is 23.2 Å². The van der Waals surface area contributed by atoms with E-state index in [1.807, 2.05) is 4.90 Å². The van der Waals surface area contributed by atoms with Crippen LogP contribution in [0.4, 0.5) is 14.8 Å². The van der Waals surface area contributed by atoms with Gasteiger partial charge in [-0.25, -0.2) is 0 Å². The fourth-order valence-corrected chi connectivity index (χ4v) is 3.20. The van der Waals surface area contributed by atoms with Gasteiger partial charge in [0, 0.05) is 29.8 Å². The molecule has 19 heavy (non-hydrogen) atoms. The Morgan fingerprint density at radius 3 is 2.89 bits per heavy atom. The second kappa shape index (κ2) is 4.26. The van der Waals surface area contributed by atoms with E-state index in [9.17, 15) is 8.78 Å². The van der Waals surface area contributed by atoms with Gasteiger partial charge in [-0.05, 0) is 25.0 Å². The Morgan fingerprint density at radius 2 is 2.21 bits per heavy atom. The highest BCUT2D eigenvalue weighted by atomic mass is 32.1. The van der Waals surface area contributed by atoms with Crippen molar-refractivity contribution >= 4 is 17.4 Å².